The summed E-state index contributed by atoms with van der Waals surface area (Å²) in [6, 6.07) is 6.80. The van der Waals surface area contributed by atoms with Crippen LogP contribution in [-0.4, -0.2) is 23.7 Å². The maximum absolute atomic E-state index is 10.7. The topological polar surface area (TPSA) is 75.3 Å². The molecule has 0 bridgehead atoms. The third-order valence-corrected chi connectivity index (χ3v) is 1.77. The summed E-state index contributed by atoms with van der Waals surface area (Å²) in [5.41, 5.74) is 6.42. The van der Waals surface area contributed by atoms with E-state index in [-0.39, 0.29) is 0 Å². The fourth-order valence-electron chi connectivity index (χ4n) is 1.02. The quantitative estimate of drug-likeness (QED) is 0.656. The molecule has 0 aliphatic carbocycles. The van der Waals surface area contributed by atoms with Gasteiger partial charge in [-0.15, -0.1) is 0 Å². The van der Waals surface area contributed by atoms with Gasteiger partial charge >= 0.3 is 0 Å². The predicted octanol–water partition coefficient (Wildman–Crippen LogP) is 0.578. The lowest BCUT2D eigenvalue weighted by atomic mass is 10.2. The molecule has 0 heterocycles. The van der Waals surface area contributed by atoms with Crippen LogP contribution in [0.15, 0.2) is 24.3 Å². The molecule has 4 nitrogen and oxygen atoms in total. The Hall–Kier alpha value is -1.55. The highest BCUT2D eigenvalue weighted by Crippen LogP contribution is 2.08. The normalized spacial score (nSPS) is 12.1. The summed E-state index contributed by atoms with van der Waals surface area (Å²) < 4.78 is 0. The molecule has 0 aliphatic rings. The number of amides is 1. The van der Waals surface area contributed by atoms with Gasteiger partial charge in [0.15, 0.2) is 0 Å². The molecule has 4 N–H and O–H groups in total. The smallest absolute Gasteiger partial charge is 0.248 e. The maximum Gasteiger partial charge on any atom is 0.248 e. The van der Waals surface area contributed by atoms with Crippen molar-refractivity contribution in [2.24, 2.45) is 5.73 Å². The van der Waals surface area contributed by atoms with E-state index in [0.29, 0.717) is 12.1 Å². The number of benzene rings is 1. The number of nitrogens with one attached hydrogen (secondary N) is 1. The van der Waals surface area contributed by atoms with Crippen LogP contribution < -0.4 is 11.1 Å². The summed E-state index contributed by atoms with van der Waals surface area (Å²) in [5, 5.41) is 12.0. The molecule has 1 unspecified atom stereocenters. The van der Waals surface area contributed by atoms with E-state index in [0.717, 1.165) is 5.69 Å². The number of primary amides is 1. The van der Waals surface area contributed by atoms with Crippen molar-refractivity contribution in [3.05, 3.63) is 29.8 Å². The number of nitrogens with two attached hydrogens (primary N) is 1. The molecule has 4 heteroatoms. The van der Waals surface area contributed by atoms with Crippen molar-refractivity contribution in [2.45, 2.75) is 13.0 Å². The van der Waals surface area contributed by atoms with Gasteiger partial charge in [0.25, 0.3) is 0 Å². The van der Waals surface area contributed by atoms with Gasteiger partial charge in [-0.3, -0.25) is 4.79 Å². The summed E-state index contributed by atoms with van der Waals surface area (Å²) in [5.74, 6) is -0.438. The molecule has 0 radical (unpaired) electrons. The second-order valence-corrected chi connectivity index (χ2v) is 3.17. The lowest BCUT2D eigenvalue weighted by Gasteiger charge is -2.08. The van der Waals surface area contributed by atoms with Gasteiger partial charge in [-0.1, -0.05) is 0 Å². The molecule has 1 atom stereocenters. The van der Waals surface area contributed by atoms with Gasteiger partial charge in [0.05, 0.1) is 6.10 Å². The number of carbonyl (C=O) groups excluding carboxylic acids is 1. The summed E-state index contributed by atoms with van der Waals surface area (Å²) in [7, 11) is 0. The summed E-state index contributed by atoms with van der Waals surface area (Å²) in [4.78, 5) is 10.7. The minimum Gasteiger partial charge on any atom is -0.392 e. The Bertz CT molecular complexity index is 306. The Labute approximate surface area is 82.7 Å². The predicted molar refractivity (Wildman–Crippen MR) is 55.1 cm³/mol. The molecule has 14 heavy (non-hydrogen) atoms. The first-order valence-electron chi connectivity index (χ1n) is 4.41. The second-order valence-electron chi connectivity index (χ2n) is 3.17. The van der Waals surface area contributed by atoms with Crippen molar-refractivity contribution in [2.75, 3.05) is 11.9 Å². The van der Waals surface area contributed by atoms with Crippen molar-refractivity contribution < 1.29 is 9.90 Å². The fourth-order valence-corrected chi connectivity index (χ4v) is 1.02. The van der Waals surface area contributed by atoms with Crippen molar-refractivity contribution in [1.82, 2.24) is 0 Å². The lowest BCUT2D eigenvalue weighted by molar-refractivity contribution is 0.100. The molecule has 76 valence electrons. The standard InChI is InChI=1S/C10H14N2O2/c1-7(13)6-12-9-4-2-8(3-5-9)10(11)14/h2-5,7,12-13H,6H2,1H3,(H2,11,14). The average Bonchev–Trinajstić information content (AvgIpc) is 2.15. The minimum atomic E-state index is -0.438. The molecule has 0 aliphatic heterocycles. The van der Waals surface area contributed by atoms with Crippen LogP contribution >= 0.6 is 0 Å². The monoisotopic (exact) mass is 194 g/mol. The van der Waals surface area contributed by atoms with Crippen LogP contribution in [0.4, 0.5) is 5.69 Å². The first-order chi connectivity index (χ1) is 6.59. The first kappa shape index (κ1) is 10.5. The van der Waals surface area contributed by atoms with Crippen LogP contribution in [0.2, 0.25) is 0 Å². The highest BCUT2D eigenvalue weighted by atomic mass is 16.3. The highest BCUT2D eigenvalue weighted by molar-refractivity contribution is 5.93. The zero-order valence-corrected chi connectivity index (χ0v) is 8.03. The summed E-state index contributed by atoms with van der Waals surface area (Å²) in [6.07, 6.45) is -0.397. The zero-order valence-electron chi connectivity index (χ0n) is 8.03. The van der Waals surface area contributed by atoms with Crippen LogP contribution in [0.25, 0.3) is 0 Å². The fraction of sp³-hybridized carbons (Fsp3) is 0.300. The summed E-state index contributed by atoms with van der Waals surface area (Å²) >= 11 is 0. The van der Waals surface area contributed by atoms with Crippen molar-refractivity contribution in [1.29, 1.82) is 0 Å². The van der Waals surface area contributed by atoms with Gasteiger partial charge in [0.1, 0.15) is 0 Å². The SMILES string of the molecule is CC(O)CNc1ccc(C(N)=O)cc1. The number of hydrogen-bond acceptors (Lipinski definition) is 3. The van der Waals surface area contributed by atoms with Crippen LogP contribution in [0.1, 0.15) is 17.3 Å². The minimum absolute atomic E-state index is 0.397. The largest absolute Gasteiger partial charge is 0.392 e. The van der Waals surface area contributed by atoms with Gasteiger partial charge in [-0.25, -0.2) is 0 Å². The number of carbonyl (C=O) groups is 1. The third kappa shape index (κ3) is 3.06. The van der Waals surface area contributed by atoms with E-state index in [1.165, 1.54) is 0 Å². The van der Waals surface area contributed by atoms with Crippen molar-refractivity contribution in [3.63, 3.8) is 0 Å². The van der Waals surface area contributed by atoms with Gasteiger partial charge in [0, 0.05) is 17.8 Å². The van der Waals surface area contributed by atoms with E-state index in [2.05, 4.69) is 5.32 Å². The number of anilines is 1. The van der Waals surface area contributed by atoms with Gasteiger partial charge in [-0.05, 0) is 31.2 Å². The van der Waals surface area contributed by atoms with Crippen LogP contribution in [0.3, 0.4) is 0 Å². The number of hydrogen-bond donors (Lipinski definition) is 3. The Morgan fingerprint density at radius 2 is 2.07 bits per heavy atom. The van der Waals surface area contributed by atoms with E-state index in [4.69, 9.17) is 10.8 Å². The van der Waals surface area contributed by atoms with Gasteiger partial charge in [0.2, 0.25) is 5.91 Å². The van der Waals surface area contributed by atoms with E-state index < -0.39 is 12.0 Å². The average molecular weight is 194 g/mol. The van der Waals surface area contributed by atoms with Crippen LogP contribution in [-0.2, 0) is 0 Å². The molecular formula is C10H14N2O2. The van der Waals surface area contributed by atoms with Crippen molar-refractivity contribution in [3.8, 4) is 0 Å². The Kier molecular flexibility index (Phi) is 3.48. The Morgan fingerprint density at radius 3 is 2.50 bits per heavy atom. The molecule has 1 aromatic rings. The molecular weight excluding hydrogens is 180 g/mol. The maximum atomic E-state index is 10.7. The number of aliphatic hydroxyl groups excluding tert-OH is 1. The molecule has 0 spiro atoms. The molecule has 1 aromatic carbocycles. The van der Waals surface area contributed by atoms with Gasteiger partial charge < -0.3 is 16.2 Å². The molecule has 0 fully saturated rings. The molecule has 1 rings (SSSR count). The molecule has 1 amide bonds. The molecule has 0 aromatic heterocycles. The van der Waals surface area contributed by atoms with E-state index >= 15 is 0 Å². The highest BCUT2D eigenvalue weighted by Gasteiger charge is 1.99. The Balaban J connectivity index is 2.60. The van der Waals surface area contributed by atoms with E-state index in [1.54, 1.807) is 31.2 Å². The first-order valence-corrected chi connectivity index (χ1v) is 4.41. The Morgan fingerprint density at radius 1 is 1.50 bits per heavy atom. The number of aliphatic hydroxyl groups is 1. The second kappa shape index (κ2) is 4.62. The van der Waals surface area contributed by atoms with Gasteiger partial charge in [-0.2, -0.15) is 0 Å². The van der Waals surface area contributed by atoms with Crippen molar-refractivity contribution >= 4 is 11.6 Å². The lowest BCUT2D eigenvalue weighted by Crippen LogP contribution is -2.15. The number of rotatable bonds is 4. The molecule has 0 saturated heterocycles. The van der Waals surface area contributed by atoms with E-state index in [1.807, 2.05) is 0 Å². The third-order valence-electron chi connectivity index (χ3n) is 1.77. The van der Waals surface area contributed by atoms with E-state index in [9.17, 15) is 4.79 Å². The van der Waals surface area contributed by atoms with Crippen LogP contribution in [0.5, 0.6) is 0 Å². The summed E-state index contributed by atoms with van der Waals surface area (Å²) in [6.45, 7) is 2.18. The molecule has 0 saturated carbocycles. The zero-order chi connectivity index (χ0) is 10.6. The van der Waals surface area contributed by atoms with Crippen LogP contribution in [0, 0.1) is 0 Å².